The third kappa shape index (κ3) is 4.84. The van der Waals surface area contributed by atoms with Crippen LogP contribution in [0.3, 0.4) is 0 Å². The molecule has 0 fully saturated rings. The zero-order valence-electron chi connectivity index (χ0n) is 22.2. The standard InChI is InChI=1S/C31H37N3O/c1-30(2,3)23-18-21(19-24(28(23)35)31(4,5)6)29-32-26(20-14-10-9-11-15-20)27(33-29)22-16-12-13-17-25(22)34(7)8/h9-19,35H,1-8H3,(H,32,33). The number of rotatable bonds is 4. The van der Waals surface area contributed by atoms with Crippen molar-refractivity contribution < 1.29 is 5.11 Å². The summed E-state index contributed by atoms with van der Waals surface area (Å²) in [5.74, 6) is 1.17. The van der Waals surface area contributed by atoms with Crippen molar-refractivity contribution in [3.63, 3.8) is 0 Å². The van der Waals surface area contributed by atoms with Gasteiger partial charge >= 0.3 is 0 Å². The molecule has 4 rings (SSSR count). The molecule has 35 heavy (non-hydrogen) atoms. The Hall–Kier alpha value is -3.53. The maximum atomic E-state index is 11.2. The summed E-state index contributed by atoms with van der Waals surface area (Å²) < 4.78 is 0. The first-order chi connectivity index (χ1) is 16.4. The van der Waals surface area contributed by atoms with Crippen LogP contribution in [0.4, 0.5) is 5.69 Å². The van der Waals surface area contributed by atoms with Gasteiger partial charge < -0.3 is 15.0 Å². The van der Waals surface area contributed by atoms with E-state index in [1.807, 2.05) is 18.2 Å². The molecule has 0 aliphatic carbocycles. The minimum atomic E-state index is -0.213. The van der Waals surface area contributed by atoms with Crippen molar-refractivity contribution in [3.8, 4) is 39.7 Å². The van der Waals surface area contributed by atoms with E-state index in [9.17, 15) is 5.11 Å². The van der Waals surface area contributed by atoms with Gasteiger partial charge in [0.1, 0.15) is 11.6 Å². The first kappa shape index (κ1) is 24.6. The molecule has 0 aliphatic heterocycles. The second-order valence-corrected chi connectivity index (χ2v) is 11.5. The van der Waals surface area contributed by atoms with Crippen LogP contribution in [0.5, 0.6) is 5.75 Å². The van der Waals surface area contributed by atoms with Gasteiger partial charge in [-0.3, -0.25) is 0 Å². The third-order valence-electron chi connectivity index (χ3n) is 6.41. The highest BCUT2D eigenvalue weighted by atomic mass is 16.3. The fourth-order valence-corrected chi connectivity index (χ4v) is 4.50. The molecule has 0 bridgehead atoms. The number of phenolic OH excluding ortho intramolecular Hbond substituents is 1. The first-order valence-electron chi connectivity index (χ1n) is 12.2. The van der Waals surface area contributed by atoms with E-state index >= 15 is 0 Å². The minimum Gasteiger partial charge on any atom is -0.507 e. The van der Waals surface area contributed by atoms with Gasteiger partial charge in [0.2, 0.25) is 0 Å². The van der Waals surface area contributed by atoms with Crippen LogP contribution < -0.4 is 4.90 Å². The molecule has 0 radical (unpaired) electrons. The molecule has 1 aromatic heterocycles. The maximum Gasteiger partial charge on any atom is 0.138 e. The van der Waals surface area contributed by atoms with Crippen LogP contribution in [0.25, 0.3) is 33.9 Å². The summed E-state index contributed by atoms with van der Waals surface area (Å²) in [6, 6.07) is 22.9. The van der Waals surface area contributed by atoms with E-state index in [1.165, 1.54) is 0 Å². The van der Waals surface area contributed by atoms with Crippen molar-refractivity contribution in [2.24, 2.45) is 0 Å². The number of para-hydroxylation sites is 1. The quantitative estimate of drug-likeness (QED) is 0.322. The smallest absolute Gasteiger partial charge is 0.138 e. The van der Waals surface area contributed by atoms with Crippen LogP contribution in [0, 0.1) is 0 Å². The zero-order valence-corrected chi connectivity index (χ0v) is 22.2. The highest BCUT2D eigenvalue weighted by Crippen LogP contribution is 2.43. The highest BCUT2D eigenvalue weighted by molar-refractivity contribution is 5.87. The fourth-order valence-electron chi connectivity index (χ4n) is 4.50. The zero-order chi connectivity index (χ0) is 25.5. The summed E-state index contributed by atoms with van der Waals surface area (Å²) in [5.41, 5.74) is 7.56. The molecule has 0 atom stereocenters. The molecule has 0 spiro atoms. The van der Waals surface area contributed by atoms with Crippen molar-refractivity contribution in [2.75, 3.05) is 19.0 Å². The molecule has 0 aliphatic rings. The molecule has 2 N–H and O–H groups in total. The van der Waals surface area contributed by atoms with Gasteiger partial charge in [-0.2, -0.15) is 0 Å². The number of aromatic hydroxyl groups is 1. The number of hydrogen-bond donors (Lipinski definition) is 2. The Morgan fingerprint density at radius 1 is 0.743 bits per heavy atom. The Balaban J connectivity index is 2.02. The van der Waals surface area contributed by atoms with Gasteiger partial charge in [0.15, 0.2) is 0 Å². The Morgan fingerprint density at radius 2 is 1.29 bits per heavy atom. The molecule has 1 heterocycles. The number of aromatic nitrogens is 2. The molecule has 0 saturated heterocycles. The highest BCUT2D eigenvalue weighted by Gasteiger charge is 2.28. The lowest BCUT2D eigenvalue weighted by molar-refractivity contribution is 0.423. The van der Waals surface area contributed by atoms with Crippen LogP contribution >= 0.6 is 0 Å². The van der Waals surface area contributed by atoms with Gasteiger partial charge in [-0.05, 0) is 29.0 Å². The molecule has 0 unspecified atom stereocenters. The van der Waals surface area contributed by atoms with E-state index < -0.39 is 0 Å². The Kier molecular flexibility index (Phi) is 6.27. The van der Waals surface area contributed by atoms with E-state index in [0.717, 1.165) is 50.7 Å². The predicted octanol–water partition coefficient (Wildman–Crippen LogP) is 7.78. The second kappa shape index (κ2) is 8.92. The molecule has 0 amide bonds. The Morgan fingerprint density at radius 3 is 1.83 bits per heavy atom. The lowest BCUT2D eigenvalue weighted by Crippen LogP contribution is -2.17. The number of nitrogens with one attached hydrogen (secondary N) is 1. The molecule has 4 heteroatoms. The lowest BCUT2D eigenvalue weighted by atomic mass is 9.78. The number of nitrogens with zero attached hydrogens (tertiary/aromatic N) is 2. The average molecular weight is 468 g/mol. The summed E-state index contributed by atoms with van der Waals surface area (Å²) >= 11 is 0. The van der Waals surface area contributed by atoms with Crippen LogP contribution in [0.1, 0.15) is 52.7 Å². The average Bonchev–Trinajstić information content (AvgIpc) is 3.23. The Bertz CT molecular complexity index is 1300. The van der Waals surface area contributed by atoms with Crippen LogP contribution in [-0.4, -0.2) is 29.2 Å². The maximum absolute atomic E-state index is 11.2. The summed E-state index contributed by atoms with van der Waals surface area (Å²) in [7, 11) is 4.11. The summed E-state index contributed by atoms with van der Waals surface area (Å²) in [4.78, 5) is 10.9. The number of H-pyrrole nitrogens is 1. The number of benzene rings is 3. The van der Waals surface area contributed by atoms with Crippen molar-refractivity contribution in [3.05, 3.63) is 77.9 Å². The third-order valence-corrected chi connectivity index (χ3v) is 6.41. The van der Waals surface area contributed by atoms with Gasteiger partial charge in [-0.15, -0.1) is 0 Å². The minimum absolute atomic E-state index is 0.213. The number of aromatic amines is 1. The van der Waals surface area contributed by atoms with E-state index in [-0.39, 0.29) is 10.8 Å². The molecular weight excluding hydrogens is 430 g/mol. The topological polar surface area (TPSA) is 52.1 Å². The Labute approximate surface area is 209 Å². The van der Waals surface area contributed by atoms with E-state index in [2.05, 4.69) is 114 Å². The van der Waals surface area contributed by atoms with Gasteiger partial charge in [0, 0.05) is 47.6 Å². The first-order valence-corrected chi connectivity index (χ1v) is 12.2. The molecule has 0 saturated carbocycles. The number of anilines is 1. The van der Waals surface area contributed by atoms with Crippen LogP contribution in [-0.2, 0) is 10.8 Å². The van der Waals surface area contributed by atoms with Crippen molar-refractivity contribution >= 4 is 5.69 Å². The number of hydrogen-bond acceptors (Lipinski definition) is 3. The number of phenols is 1. The van der Waals surface area contributed by atoms with Crippen molar-refractivity contribution in [1.82, 2.24) is 9.97 Å². The lowest BCUT2D eigenvalue weighted by Gasteiger charge is -2.28. The largest absolute Gasteiger partial charge is 0.507 e. The van der Waals surface area contributed by atoms with Crippen LogP contribution in [0.15, 0.2) is 66.7 Å². The van der Waals surface area contributed by atoms with E-state index in [1.54, 1.807) is 0 Å². The summed E-state index contributed by atoms with van der Waals surface area (Å²) in [5, 5.41) is 11.2. The van der Waals surface area contributed by atoms with Crippen molar-refractivity contribution in [1.29, 1.82) is 0 Å². The molecular formula is C31H37N3O. The second-order valence-electron chi connectivity index (χ2n) is 11.5. The van der Waals surface area contributed by atoms with E-state index in [4.69, 9.17) is 4.98 Å². The molecule has 182 valence electrons. The fraction of sp³-hybridized carbons (Fsp3) is 0.323. The van der Waals surface area contributed by atoms with Gasteiger partial charge in [-0.25, -0.2) is 4.98 Å². The number of imidazole rings is 1. The monoisotopic (exact) mass is 467 g/mol. The SMILES string of the molecule is CN(C)c1ccccc1-c1nc(-c2cc(C(C)(C)C)c(O)c(C(C)(C)C)c2)[nH]c1-c1ccccc1. The summed E-state index contributed by atoms with van der Waals surface area (Å²) in [6.45, 7) is 12.8. The normalized spacial score (nSPS) is 12.1. The molecule has 3 aromatic carbocycles. The predicted molar refractivity (Wildman–Crippen MR) is 148 cm³/mol. The molecule has 4 nitrogen and oxygen atoms in total. The summed E-state index contributed by atoms with van der Waals surface area (Å²) in [6.07, 6.45) is 0. The van der Waals surface area contributed by atoms with Crippen LogP contribution in [0.2, 0.25) is 0 Å². The van der Waals surface area contributed by atoms with Gasteiger partial charge in [-0.1, -0.05) is 90.1 Å². The van der Waals surface area contributed by atoms with Gasteiger partial charge in [0.05, 0.1) is 11.4 Å². The van der Waals surface area contributed by atoms with Crippen molar-refractivity contribution in [2.45, 2.75) is 52.4 Å². The molecule has 4 aromatic rings. The van der Waals surface area contributed by atoms with E-state index in [0.29, 0.717) is 5.75 Å². The van der Waals surface area contributed by atoms with Gasteiger partial charge in [0.25, 0.3) is 0 Å².